The molecule has 4 heteroatoms. The van der Waals surface area contributed by atoms with Gasteiger partial charge in [-0.1, -0.05) is 61.4 Å². The number of hydrogen-bond acceptors (Lipinski definition) is 1. The second kappa shape index (κ2) is 7.66. The molecule has 2 amide bonds. The fourth-order valence-corrected chi connectivity index (χ4v) is 5.25. The van der Waals surface area contributed by atoms with Gasteiger partial charge in [0.25, 0.3) is 0 Å². The molecule has 29 heavy (non-hydrogen) atoms. The molecule has 2 fully saturated rings. The van der Waals surface area contributed by atoms with E-state index in [0.29, 0.717) is 11.6 Å². The van der Waals surface area contributed by atoms with Crippen molar-refractivity contribution in [2.75, 3.05) is 0 Å². The number of hydrogen-bond donors (Lipinski definition) is 1. The molecule has 2 unspecified atom stereocenters. The summed E-state index contributed by atoms with van der Waals surface area (Å²) in [7, 11) is 0. The Hall–Kier alpha value is -2.62. The monoisotopic (exact) mass is 390 g/mol. The molecule has 3 aliphatic rings. The fourth-order valence-electron chi connectivity index (χ4n) is 5.25. The van der Waals surface area contributed by atoms with E-state index in [0.717, 1.165) is 43.2 Å². The first-order valence-corrected chi connectivity index (χ1v) is 10.8. The van der Waals surface area contributed by atoms with Crippen LogP contribution in [0, 0.1) is 5.82 Å². The molecular formula is C25H27FN2O. The summed E-state index contributed by atoms with van der Waals surface area (Å²) in [5, 5.41) is 3.24. The highest BCUT2D eigenvalue weighted by molar-refractivity contribution is 5.79. The van der Waals surface area contributed by atoms with Gasteiger partial charge in [0.05, 0.1) is 6.04 Å². The summed E-state index contributed by atoms with van der Waals surface area (Å²) in [5.41, 5.74) is 3.63. The van der Waals surface area contributed by atoms with Gasteiger partial charge in [-0.25, -0.2) is 9.18 Å². The van der Waals surface area contributed by atoms with E-state index in [2.05, 4.69) is 11.4 Å². The van der Waals surface area contributed by atoms with Crippen LogP contribution in [0.3, 0.4) is 0 Å². The average Bonchev–Trinajstić information content (AvgIpc) is 3.34. The molecule has 3 nitrogen and oxygen atoms in total. The van der Waals surface area contributed by atoms with Crippen LogP contribution in [0.2, 0.25) is 0 Å². The Labute approximate surface area is 171 Å². The van der Waals surface area contributed by atoms with Crippen LogP contribution in [0.4, 0.5) is 9.18 Å². The molecule has 1 N–H and O–H groups in total. The van der Waals surface area contributed by atoms with Crippen LogP contribution in [0.5, 0.6) is 0 Å². The molecule has 1 saturated carbocycles. The van der Waals surface area contributed by atoms with Crippen molar-refractivity contribution in [2.45, 2.75) is 63.1 Å². The van der Waals surface area contributed by atoms with Gasteiger partial charge in [-0.3, -0.25) is 0 Å². The number of nitrogens with one attached hydrogen (secondary N) is 1. The van der Waals surface area contributed by atoms with Crippen molar-refractivity contribution < 1.29 is 9.18 Å². The highest BCUT2D eigenvalue weighted by Crippen LogP contribution is 2.39. The first-order chi connectivity index (χ1) is 14.2. The zero-order chi connectivity index (χ0) is 19.8. The molecule has 1 aliphatic carbocycles. The van der Waals surface area contributed by atoms with Gasteiger partial charge in [0.15, 0.2) is 0 Å². The van der Waals surface area contributed by atoms with E-state index in [-0.39, 0.29) is 23.9 Å². The molecule has 0 spiro atoms. The summed E-state index contributed by atoms with van der Waals surface area (Å²) in [5.74, 6) is -0.191. The number of fused-ring (bicyclic) bond motifs is 2. The molecule has 150 valence electrons. The lowest BCUT2D eigenvalue weighted by atomic mass is 9.93. The number of urea groups is 1. The van der Waals surface area contributed by atoms with Crippen LogP contribution in [0.25, 0.3) is 16.7 Å². The maximum Gasteiger partial charge on any atom is 0.318 e. The van der Waals surface area contributed by atoms with Crippen molar-refractivity contribution in [3.63, 3.8) is 0 Å². The molecule has 2 aromatic carbocycles. The lowest BCUT2D eigenvalue weighted by molar-refractivity contribution is 0.176. The molecule has 2 heterocycles. The van der Waals surface area contributed by atoms with E-state index >= 15 is 0 Å². The molecule has 2 aromatic rings. The second-order valence-electron chi connectivity index (χ2n) is 8.59. The van der Waals surface area contributed by atoms with Gasteiger partial charge in [-0.05, 0) is 54.9 Å². The molecule has 2 bridgehead atoms. The van der Waals surface area contributed by atoms with E-state index in [1.54, 1.807) is 6.07 Å². The first kappa shape index (κ1) is 18.4. The molecule has 0 aromatic heterocycles. The SMILES string of the molecule is O=C(NC1CCCC1)N1C2C=C(c3ccc(-c4ccccc4)c(F)c3)CC1CC2. The Kier molecular flexibility index (Phi) is 4.86. The summed E-state index contributed by atoms with van der Waals surface area (Å²) < 4.78 is 14.8. The Morgan fingerprint density at radius 2 is 1.76 bits per heavy atom. The van der Waals surface area contributed by atoms with Gasteiger partial charge >= 0.3 is 6.03 Å². The Morgan fingerprint density at radius 3 is 2.48 bits per heavy atom. The number of rotatable bonds is 3. The number of benzene rings is 2. The number of amides is 2. The Balaban J connectivity index is 1.35. The lowest BCUT2D eigenvalue weighted by Gasteiger charge is -2.35. The fraction of sp³-hybridized carbons (Fsp3) is 0.400. The number of carbonyl (C=O) groups is 1. The highest BCUT2D eigenvalue weighted by atomic mass is 19.1. The van der Waals surface area contributed by atoms with Crippen molar-refractivity contribution in [1.82, 2.24) is 10.2 Å². The standard InChI is InChI=1S/C25H27FN2O/c26-24-16-18(10-13-23(24)17-6-2-1-3-7-17)19-14-21-11-12-22(15-19)28(21)25(29)27-20-8-4-5-9-20/h1-3,6-7,10,13-14,16,20-22H,4-5,8-9,11-12,15H2,(H,27,29). The first-order valence-electron chi connectivity index (χ1n) is 10.8. The van der Waals surface area contributed by atoms with Crippen molar-refractivity contribution in [3.05, 3.63) is 66.0 Å². The zero-order valence-electron chi connectivity index (χ0n) is 16.6. The molecule has 1 saturated heterocycles. The third-order valence-corrected chi connectivity index (χ3v) is 6.74. The van der Waals surface area contributed by atoms with Gasteiger partial charge < -0.3 is 10.2 Å². The Morgan fingerprint density at radius 1 is 0.966 bits per heavy atom. The van der Waals surface area contributed by atoms with Crippen LogP contribution >= 0.6 is 0 Å². The summed E-state index contributed by atoms with van der Waals surface area (Å²) in [4.78, 5) is 14.9. The summed E-state index contributed by atoms with van der Waals surface area (Å²) in [6.45, 7) is 0. The quantitative estimate of drug-likeness (QED) is 0.709. The van der Waals surface area contributed by atoms with Gasteiger partial charge in [-0.15, -0.1) is 0 Å². The molecule has 2 atom stereocenters. The molecule has 0 radical (unpaired) electrons. The van der Waals surface area contributed by atoms with Crippen molar-refractivity contribution in [3.8, 4) is 11.1 Å². The third-order valence-electron chi connectivity index (χ3n) is 6.74. The molecule has 5 rings (SSSR count). The van der Waals surface area contributed by atoms with Gasteiger partial charge in [0, 0.05) is 17.6 Å². The van der Waals surface area contributed by atoms with Gasteiger partial charge in [0.1, 0.15) is 5.82 Å². The number of carbonyl (C=O) groups excluding carboxylic acids is 1. The van der Waals surface area contributed by atoms with Crippen LogP contribution in [-0.4, -0.2) is 29.1 Å². The van der Waals surface area contributed by atoms with Crippen molar-refractivity contribution >= 4 is 11.6 Å². The van der Waals surface area contributed by atoms with Gasteiger partial charge in [0.2, 0.25) is 0 Å². The molecular weight excluding hydrogens is 363 g/mol. The summed E-state index contributed by atoms with van der Waals surface area (Å²) in [6, 6.07) is 16.0. The minimum atomic E-state index is -0.191. The summed E-state index contributed by atoms with van der Waals surface area (Å²) in [6.07, 6.45) is 9.64. The maximum absolute atomic E-state index is 14.8. The number of halogens is 1. The largest absolute Gasteiger partial charge is 0.335 e. The summed E-state index contributed by atoms with van der Waals surface area (Å²) >= 11 is 0. The van der Waals surface area contributed by atoms with Crippen LogP contribution in [0.15, 0.2) is 54.6 Å². The highest BCUT2D eigenvalue weighted by Gasteiger charge is 2.40. The minimum Gasteiger partial charge on any atom is -0.335 e. The van der Waals surface area contributed by atoms with Crippen molar-refractivity contribution in [2.24, 2.45) is 0 Å². The van der Waals surface area contributed by atoms with E-state index in [4.69, 9.17) is 0 Å². The van der Waals surface area contributed by atoms with Crippen LogP contribution in [-0.2, 0) is 0 Å². The smallest absolute Gasteiger partial charge is 0.318 e. The predicted molar refractivity (Wildman–Crippen MR) is 114 cm³/mol. The lowest BCUT2D eigenvalue weighted by Crippen LogP contribution is -2.50. The normalized spacial score (nSPS) is 23.9. The van der Waals surface area contributed by atoms with E-state index in [9.17, 15) is 9.18 Å². The molecule has 2 aliphatic heterocycles. The Bertz CT molecular complexity index is 933. The maximum atomic E-state index is 14.8. The topological polar surface area (TPSA) is 32.3 Å². The zero-order valence-corrected chi connectivity index (χ0v) is 16.6. The van der Waals surface area contributed by atoms with Gasteiger partial charge in [-0.2, -0.15) is 0 Å². The average molecular weight is 391 g/mol. The van der Waals surface area contributed by atoms with Crippen molar-refractivity contribution in [1.29, 1.82) is 0 Å². The van der Waals surface area contributed by atoms with Crippen LogP contribution < -0.4 is 5.32 Å². The van der Waals surface area contributed by atoms with E-state index in [1.165, 1.54) is 18.4 Å². The number of nitrogens with zero attached hydrogens (tertiary/aromatic N) is 1. The third kappa shape index (κ3) is 3.57. The minimum absolute atomic E-state index is 0.0882. The second-order valence-corrected chi connectivity index (χ2v) is 8.59. The van der Waals surface area contributed by atoms with E-state index in [1.807, 2.05) is 47.4 Å². The van der Waals surface area contributed by atoms with E-state index < -0.39 is 0 Å². The van der Waals surface area contributed by atoms with Crippen LogP contribution in [0.1, 0.15) is 50.5 Å². The predicted octanol–water partition coefficient (Wildman–Crippen LogP) is 5.77.